The lowest BCUT2D eigenvalue weighted by molar-refractivity contribution is -0.156. The average molecular weight is 242 g/mol. The van der Waals surface area contributed by atoms with Crippen molar-refractivity contribution in [2.45, 2.75) is 58.8 Å². The number of carbonyl (C=O) groups excluding carboxylic acids is 2. The Hall–Kier alpha value is -1.10. The maximum atomic E-state index is 12.2. The van der Waals surface area contributed by atoms with E-state index in [-0.39, 0.29) is 11.9 Å². The normalized spacial score (nSPS) is 23.6. The molecule has 0 saturated carbocycles. The van der Waals surface area contributed by atoms with Crippen molar-refractivity contribution in [1.82, 2.24) is 10.2 Å². The van der Waals surface area contributed by atoms with Gasteiger partial charge in [0, 0.05) is 0 Å². The molecule has 1 amide bonds. The van der Waals surface area contributed by atoms with Crippen LogP contribution in [0.5, 0.6) is 0 Å². The standard InChI is InChI=1S/C12H22N2O3/c1-7-17-9(15)8(2)14-10(16)11(3,4)13-12(14,5)6/h8,13H,7H2,1-6H3. The van der Waals surface area contributed by atoms with E-state index in [2.05, 4.69) is 5.32 Å². The van der Waals surface area contributed by atoms with Gasteiger partial charge in [0.2, 0.25) is 5.91 Å². The van der Waals surface area contributed by atoms with Crippen LogP contribution in [0.4, 0.5) is 0 Å². The first-order valence-corrected chi connectivity index (χ1v) is 5.93. The number of carbonyl (C=O) groups is 2. The minimum absolute atomic E-state index is 0.0805. The Morgan fingerprint density at radius 2 is 1.94 bits per heavy atom. The second-order valence-electron chi connectivity index (χ2n) is 5.41. The maximum Gasteiger partial charge on any atom is 0.328 e. The molecule has 0 aliphatic carbocycles. The van der Waals surface area contributed by atoms with Crippen LogP contribution < -0.4 is 5.32 Å². The van der Waals surface area contributed by atoms with Crippen LogP contribution in [0.3, 0.4) is 0 Å². The number of hydrogen-bond donors (Lipinski definition) is 1. The molecule has 1 saturated heterocycles. The molecule has 1 atom stereocenters. The van der Waals surface area contributed by atoms with Gasteiger partial charge in [-0.15, -0.1) is 0 Å². The Morgan fingerprint density at radius 3 is 2.29 bits per heavy atom. The van der Waals surface area contributed by atoms with Crippen molar-refractivity contribution >= 4 is 11.9 Å². The summed E-state index contributed by atoms with van der Waals surface area (Å²) < 4.78 is 4.97. The second-order valence-corrected chi connectivity index (χ2v) is 5.41. The molecule has 1 aliphatic rings. The molecule has 1 fully saturated rings. The zero-order valence-corrected chi connectivity index (χ0v) is 11.5. The molecule has 0 radical (unpaired) electrons. The van der Waals surface area contributed by atoms with Gasteiger partial charge in [0.15, 0.2) is 0 Å². The van der Waals surface area contributed by atoms with Gasteiger partial charge in [0.25, 0.3) is 0 Å². The van der Waals surface area contributed by atoms with E-state index in [4.69, 9.17) is 4.74 Å². The van der Waals surface area contributed by atoms with E-state index in [1.807, 2.05) is 27.7 Å². The summed E-state index contributed by atoms with van der Waals surface area (Å²) in [6, 6.07) is -0.577. The molecule has 1 heterocycles. The molecule has 98 valence electrons. The van der Waals surface area contributed by atoms with Crippen LogP contribution in [0, 0.1) is 0 Å². The minimum Gasteiger partial charge on any atom is -0.464 e. The zero-order valence-electron chi connectivity index (χ0n) is 11.5. The lowest BCUT2D eigenvalue weighted by Gasteiger charge is -2.34. The first kappa shape index (κ1) is 14.0. The number of esters is 1. The molecule has 5 heteroatoms. The maximum absolute atomic E-state index is 12.2. The highest BCUT2D eigenvalue weighted by Gasteiger charge is 2.52. The van der Waals surface area contributed by atoms with Gasteiger partial charge in [-0.25, -0.2) is 4.79 Å². The van der Waals surface area contributed by atoms with Crippen molar-refractivity contribution in [1.29, 1.82) is 0 Å². The Morgan fingerprint density at radius 1 is 1.41 bits per heavy atom. The summed E-state index contributed by atoms with van der Waals surface area (Å²) in [7, 11) is 0. The van der Waals surface area contributed by atoms with Crippen LogP contribution in [0.1, 0.15) is 41.5 Å². The summed E-state index contributed by atoms with van der Waals surface area (Å²) in [6.07, 6.45) is 0. The van der Waals surface area contributed by atoms with E-state index in [0.29, 0.717) is 6.61 Å². The Bertz CT molecular complexity index is 337. The molecule has 0 aromatic rings. The molecule has 0 aromatic heterocycles. The van der Waals surface area contributed by atoms with Crippen molar-refractivity contribution < 1.29 is 14.3 Å². The van der Waals surface area contributed by atoms with Gasteiger partial charge < -0.3 is 9.64 Å². The van der Waals surface area contributed by atoms with E-state index in [9.17, 15) is 9.59 Å². The van der Waals surface area contributed by atoms with E-state index >= 15 is 0 Å². The third-order valence-corrected chi connectivity index (χ3v) is 2.99. The summed E-state index contributed by atoms with van der Waals surface area (Å²) in [5.41, 5.74) is -1.20. The smallest absolute Gasteiger partial charge is 0.328 e. The van der Waals surface area contributed by atoms with Crippen LogP contribution in [0.25, 0.3) is 0 Å². The van der Waals surface area contributed by atoms with Gasteiger partial charge in [-0.3, -0.25) is 10.1 Å². The number of nitrogens with one attached hydrogen (secondary N) is 1. The first-order chi connectivity index (χ1) is 7.63. The molecule has 17 heavy (non-hydrogen) atoms. The van der Waals surface area contributed by atoms with E-state index in [1.165, 1.54) is 0 Å². The summed E-state index contributed by atoms with van der Waals surface area (Å²) in [5.74, 6) is -0.448. The topological polar surface area (TPSA) is 58.6 Å². The molecule has 5 nitrogen and oxygen atoms in total. The van der Waals surface area contributed by atoms with Crippen LogP contribution >= 0.6 is 0 Å². The average Bonchev–Trinajstić information content (AvgIpc) is 2.31. The number of rotatable bonds is 3. The highest BCUT2D eigenvalue weighted by Crippen LogP contribution is 2.29. The van der Waals surface area contributed by atoms with Gasteiger partial charge in [-0.1, -0.05) is 0 Å². The van der Waals surface area contributed by atoms with Crippen molar-refractivity contribution in [3.8, 4) is 0 Å². The monoisotopic (exact) mass is 242 g/mol. The summed E-state index contributed by atoms with van der Waals surface area (Å²) in [4.78, 5) is 25.5. The van der Waals surface area contributed by atoms with E-state index < -0.39 is 17.2 Å². The largest absolute Gasteiger partial charge is 0.464 e. The molecular formula is C12H22N2O3. The van der Waals surface area contributed by atoms with Gasteiger partial charge in [-0.05, 0) is 41.5 Å². The highest BCUT2D eigenvalue weighted by atomic mass is 16.5. The lowest BCUT2D eigenvalue weighted by Crippen LogP contribution is -2.54. The van der Waals surface area contributed by atoms with Crippen LogP contribution in [-0.2, 0) is 14.3 Å². The quantitative estimate of drug-likeness (QED) is 0.747. The highest BCUT2D eigenvalue weighted by molar-refractivity contribution is 5.92. The Balaban J connectivity index is 2.96. The summed E-state index contributed by atoms with van der Waals surface area (Å²) in [6.45, 7) is 11.2. The van der Waals surface area contributed by atoms with E-state index in [1.54, 1.807) is 18.7 Å². The predicted molar refractivity (Wildman–Crippen MR) is 64.2 cm³/mol. The molecule has 0 aromatic carbocycles. The van der Waals surface area contributed by atoms with E-state index in [0.717, 1.165) is 0 Å². The number of hydrogen-bond acceptors (Lipinski definition) is 4. The van der Waals surface area contributed by atoms with Gasteiger partial charge in [0.1, 0.15) is 6.04 Å². The third kappa shape index (κ3) is 2.44. The SMILES string of the molecule is CCOC(=O)C(C)N1C(=O)C(C)(C)NC1(C)C. The van der Waals surface area contributed by atoms with Crippen molar-refractivity contribution in [2.24, 2.45) is 0 Å². The number of amides is 1. The molecule has 0 spiro atoms. The Labute approximate surface area is 102 Å². The summed E-state index contributed by atoms with van der Waals surface area (Å²) in [5, 5.41) is 3.22. The molecule has 1 rings (SSSR count). The fraction of sp³-hybridized carbons (Fsp3) is 0.833. The van der Waals surface area contributed by atoms with Crippen molar-refractivity contribution in [3.05, 3.63) is 0 Å². The molecule has 1 N–H and O–H groups in total. The van der Waals surface area contributed by atoms with Gasteiger partial charge >= 0.3 is 5.97 Å². The van der Waals surface area contributed by atoms with Crippen molar-refractivity contribution in [2.75, 3.05) is 6.61 Å². The second kappa shape index (κ2) is 4.29. The van der Waals surface area contributed by atoms with Crippen LogP contribution in [0.2, 0.25) is 0 Å². The summed E-state index contributed by atoms with van der Waals surface area (Å²) >= 11 is 0. The molecular weight excluding hydrogens is 220 g/mol. The molecule has 0 bridgehead atoms. The van der Waals surface area contributed by atoms with Crippen LogP contribution in [-0.4, -0.2) is 40.6 Å². The minimum atomic E-state index is -0.649. The fourth-order valence-corrected chi connectivity index (χ4v) is 2.46. The van der Waals surface area contributed by atoms with Crippen molar-refractivity contribution in [3.63, 3.8) is 0 Å². The van der Waals surface area contributed by atoms with Gasteiger partial charge in [0.05, 0.1) is 17.8 Å². The zero-order chi connectivity index (χ0) is 13.4. The number of ether oxygens (including phenoxy) is 1. The molecule has 1 aliphatic heterocycles. The molecule has 1 unspecified atom stereocenters. The number of nitrogens with zero attached hydrogens (tertiary/aromatic N) is 1. The lowest BCUT2D eigenvalue weighted by atomic mass is 10.1. The third-order valence-electron chi connectivity index (χ3n) is 2.99. The first-order valence-electron chi connectivity index (χ1n) is 5.93. The van der Waals surface area contributed by atoms with Crippen LogP contribution in [0.15, 0.2) is 0 Å². The predicted octanol–water partition coefficient (Wildman–Crippen LogP) is 0.884. The fourth-order valence-electron chi connectivity index (χ4n) is 2.46. The van der Waals surface area contributed by atoms with Gasteiger partial charge in [-0.2, -0.15) is 0 Å². The Kier molecular flexibility index (Phi) is 3.52.